The molecule has 2 N–H and O–H groups in total. The second-order valence-electron chi connectivity index (χ2n) is 7.27. The number of pyridine rings is 1. The summed E-state index contributed by atoms with van der Waals surface area (Å²) in [6, 6.07) is 9.87. The van der Waals surface area contributed by atoms with Crippen LogP contribution in [-0.2, 0) is 11.3 Å². The topological polar surface area (TPSA) is 80.2 Å². The zero-order chi connectivity index (χ0) is 22.1. The monoisotopic (exact) mass is 427 g/mol. The van der Waals surface area contributed by atoms with Gasteiger partial charge in [-0.2, -0.15) is 0 Å². The van der Waals surface area contributed by atoms with Crippen molar-refractivity contribution in [1.29, 1.82) is 0 Å². The third kappa shape index (κ3) is 6.49. The highest BCUT2D eigenvalue weighted by Gasteiger charge is 2.17. The van der Waals surface area contributed by atoms with Gasteiger partial charge in [-0.05, 0) is 44.5 Å². The van der Waals surface area contributed by atoms with Crippen molar-refractivity contribution >= 4 is 17.5 Å². The Morgan fingerprint density at radius 1 is 1.26 bits per heavy atom. The standard InChI is InChI=1S/C23H33N5O3/c1-5-24-23(27-19-8-9-20(30-6-2)21(13-19)29-4)26-15-18-7-10-22(25-14-18)28-11-12-31-17(3)16-28/h7-10,13-14,17H,5-6,11-12,15-16H2,1-4H3,(H2,24,26,27). The lowest BCUT2D eigenvalue weighted by atomic mass is 10.2. The number of morpholine rings is 1. The van der Waals surface area contributed by atoms with Crippen LogP contribution in [0.1, 0.15) is 26.3 Å². The van der Waals surface area contributed by atoms with E-state index in [-0.39, 0.29) is 6.10 Å². The molecule has 1 aromatic heterocycles. The first kappa shape index (κ1) is 22.7. The number of anilines is 2. The number of rotatable bonds is 8. The first-order valence-corrected chi connectivity index (χ1v) is 10.8. The molecule has 3 rings (SSSR count). The molecule has 1 fully saturated rings. The van der Waals surface area contributed by atoms with Gasteiger partial charge in [0.2, 0.25) is 0 Å². The third-order valence-corrected chi connectivity index (χ3v) is 4.86. The molecule has 8 nitrogen and oxygen atoms in total. The number of hydrogen-bond donors (Lipinski definition) is 2. The summed E-state index contributed by atoms with van der Waals surface area (Å²) in [4.78, 5) is 11.6. The maximum atomic E-state index is 5.61. The Labute approximate surface area is 184 Å². The number of aliphatic imine (C=N–C) groups is 1. The highest BCUT2D eigenvalue weighted by atomic mass is 16.5. The molecule has 8 heteroatoms. The van der Waals surface area contributed by atoms with E-state index >= 15 is 0 Å². The molecule has 1 saturated heterocycles. The van der Waals surface area contributed by atoms with Crippen LogP contribution in [-0.4, -0.2) is 57.0 Å². The van der Waals surface area contributed by atoms with Crippen molar-refractivity contribution in [1.82, 2.24) is 10.3 Å². The van der Waals surface area contributed by atoms with E-state index in [1.54, 1.807) is 7.11 Å². The summed E-state index contributed by atoms with van der Waals surface area (Å²) in [5.41, 5.74) is 1.92. The van der Waals surface area contributed by atoms with Crippen LogP contribution in [0.25, 0.3) is 0 Å². The molecule has 2 aromatic rings. The summed E-state index contributed by atoms with van der Waals surface area (Å²) < 4.78 is 16.6. The lowest BCUT2D eigenvalue weighted by molar-refractivity contribution is 0.0529. The molecular weight excluding hydrogens is 394 g/mol. The predicted molar refractivity (Wildman–Crippen MR) is 124 cm³/mol. The van der Waals surface area contributed by atoms with Crippen molar-refractivity contribution in [2.45, 2.75) is 33.4 Å². The van der Waals surface area contributed by atoms with Crippen molar-refractivity contribution in [3.8, 4) is 11.5 Å². The number of methoxy groups -OCH3 is 1. The highest BCUT2D eigenvalue weighted by molar-refractivity contribution is 5.93. The smallest absolute Gasteiger partial charge is 0.196 e. The van der Waals surface area contributed by atoms with E-state index in [0.717, 1.165) is 49.1 Å². The number of hydrogen-bond acceptors (Lipinski definition) is 6. The summed E-state index contributed by atoms with van der Waals surface area (Å²) in [5, 5.41) is 6.59. The predicted octanol–water partition coefficient (Wildman–Crippen LogP) is 3.29. The first-order valence-electron chi connectivity index (χ1n) is 10.8. The van der Waals surface area contributed by atoms with Crippen LogP contribution >= 0.6 is 0 Å². The molecule has 1 aromatic carbocycles. The fourth-order valence-corrected chi connectivity index (χ4v) is 3.36. The van der Waals surface area contributed by atoms with E-state index in [0.29, 0.717) is 24.9 Å². The number of guanidine groups is 1. The van der Waals surface area contributed by atoms with Crippen LogP contribution < -0.4 is 25.0 Å². The Balaban J connectivity index is 1.65. The molecule has 0 saturated carbocycles. The fourth-order valence-electron chi connectivity index (χ4n) is 3.36. The number of benzene rings is 1. The molecule has 0 amide bonds. The minimum atomic E-state index is 0.231. The number of aromatic nitrogens is 1. The molecule has 0 bridgehead atoms. The van der Waals surface area contributed by atoms with Crippen molar-refractivity contribution in [3.05, 3.63) is 42.1 Å². The molecule has 31 heavy (non-hydrogen) atoms. The summed E-state index contributed by atoms with van der Waals surface area (Å²) in [7, 11) is 1.63. The van der Waals surface area contributed by atoms with Crippen molar-refractivity contribution in [3.63, 3.8) is 0 Å². The Bertz CT molecular complexity index is 857. The summed E-state index contributed by atoms with van der Waals surface area (Å²) in [5.74, 6) is 3.08. The van der Waals surface area contributed by atoms with Crippen LogP contribution in [0.15, 0.2) is 41.5 Å². The molecule has 1 unspecified atom stereocenters. The van der Waals surface area contributed by atoms with Crippen LogP contribution in [0.3, 0.4) is 0 Å². The van der Waals surface area contributed by atoms with Crippen molar-refractivity contribution in [2.24, 2.45) is 4.99 Å². The maximum absolute atomic E-state index is 5.61. The third-order valence-electron chi connectivity index (χ3n) is 4.86. The second-order valence-corrected chi connectivity index (χ2v) is 7.27. The molecule has 0 radical (unpaired) electrons. The van der Waals surface area contributed by atoms with Gasteiger partial charge in [-0.25, -0.2) is 9.98 Å². The van der Waals surface area contributed by atoms with Gasteiger partial charge in [0.15, 0.2) is 17.5 Å². The molecule has 1 aliphatic rings. The van der Waals surface area contributed by atoms with Gasteiger partial charge in [-0.1, -0.05) is 6.07 Å². The zero-order valence-electron chi connectivity index (χ0n) is 18.9. The molecule has 0 spiro atoms. The van der Waals surface area contributed by atoms with E-state index < -0.39 is 0 Å². The van der Waals surface area contributed by atoms with Gasteiger partial charge < -0.3 is 29.7 Å². The van der Waals surface area contributed by atoms with E-state index in [1.165, 1.54) is 0 Å². The van der Waals surface area contributed by atoms with Gasteiger partial charge in [-0.3, -0.25) is 0 Å². The van der Waals surface area contributed by atoms with Crippen LogP contribution in [0.2, 0.25) is 0 Å². The number of nitrogens with one attached hydrogen (secondary N) is 2. The van der Waals surface area contributed by atoms with E-state index in [4.69, 9.17) is 19.2 Å². The average molecular weight is 428 g/mol. The average Bonchev–Trinajstić information content (AvgIpc) is 2.79. The van der Waals surface area contributed by atoms with E-state index in [2.05, 4.69) is 39.6 Å². The SMILES string of the molecule is CCNC(=NCc1ccc(N2CCOC(C)C2)nc1)Nc1ccc(OCC)c(OC)c1. The van der Waals surface area contributed by atoms with Gasteiger partial charge in [0.1, 0.15) is 5.82 Å². The van der Waals surface area contributed by atoms with Gasteiger partial charge in [0, 0.05) is 37.6 Å². The molecule has 2 heterocycles. The fraction of sp³-hybridized carbons (Fsp3) is 0.478. The Kier molecular flexibility index (Phi) is 8.35. The minimum absolute atomic E-state index is 0.231. The number of nitrogens with zero attached hydrogens (tertiary/aromatic N) is 3. The largest absolute Gasteiger partial charge is 0.493 e. The van der Waals surface area contributed by atoms with Crippen LogP contribution in [0.5, 0.6) is 11.5 Å². The van der Waals surface area contributed by atoms with Gasteiger partial charge >= 0.3 is 0 Å². The van der Waals surface area contributed by atoms with E-state index in [1.807, 2.05) is 38.2 Å². The van der Waals surface area contributed by atoms with Crippen LogP contribution in [0, 0.1) is 0 Å². The lowest BCUT2D eigenvalue weighted by Crippen LogP contribution is -2.41. The van der Waals surface area contributed by atoms with Gasteiger partial charge in [0.05, 0.1) is 33.0 Å². The van der Waals surface area contributed by atoms with Gasteiger partial charge in [0.25, 0.3) is 0 Å². The van der Waals surface area contributed by atoms with Gasteiger partial charge in [-0.15, -0.1) is 0 Å². The molecule has 168 valence electrons. The Morgan fingerprint density at radius 3 is 2.81 bits per heavy atom. The normalized spacial score (nSPS) is 16.7. The highest BCUT2D eigenvalue weighted by Crippen LogP contribution is 2.30. The maximum Gasteiger partial charge on any atom is 0.196 e. The Morgan fingerprint density at radius 2 is 2.13 bits per heavy atom. The molecule has 0 aliphatic carbocycles. The minimum Gasteiger partial charge on any atom is -0.493 e. The first-order chi connectivity index (χ1) is 15.1. The summed E-state index contributed by atoms with van der Waals surface area (Å²) >= 11 is 0. The number of ether oxygens (including phenoxy) is 3. The Hall–Kier alpha value is -3.00. The molecule has 1 aliphatic heterocycles. The van der Waals surface area contributed by atoms with Crippen molar-refractivity contribution in [2.75, 3.05) is 50.2 Å². The van der Waals surface area contributed by atoms with Crippen LogP contribution in [0.4, 0.5) is 11.5 Å². The molecule has 1 atom stereocenters. The zero-order valence-corrected chi connectivity index (χ0v) is 18.9. The quantitative estimate of drug-likeness (QED) is 0.494. The summed E-state index contributed by atoms with van der Waals surface area (Å²) in [6.45, 7) is 10.4. The van der Waals surface area contributed by atoms with Crippen molar-refractivity contribution < 1.29 is 14.2 Å². The molecular formula is C23H33N5O3. The van der Waals surface area contributed by atoms with E-state index in [9.17, 15) is 0 Å². The lowest BCUT2D eigenvalue weighted by Gasteiger charge is -2.32. The summed E-state index contributed by atoms with van der Waals surface area (Å²) in [6.07, 6.45) is 2.12. The second kappa shape index (κ2) is 11.4.